The first-order chi connectivity index (χ1) is 9.14. The smallest absolute Gasteiger partial charge is 0.00898 e. The van der Waals surface area contributed by atoms with E-state index in [0.717, 1.165) is 6.42 Å². The van der Waals surface area contributed by atoms with E-state index in [1.54, 1.807) is 0 Å². The van der Waals surface area contributed by atoms with Crippen LogP contribution >= 0.6 is 0 Å². The van der Waals surface area contributed by atoms with Crippen LogP contribution < -0.4 is 0 Å². The normalized spacial score (nSPS) is 21.8. The lowest BCUT2D eigenvalue weighted by atomic mass is 9.68. The Kier molecular flexibility index (Phi) is 2.97. The number of hydrogen-bond donors (Lipinski definition) is 0. The Morgan fingerprint density at radius 1 is 1.05 bits per heavy atom. The zero-order valence-electron chi connectivity index (χ0n) is 12.1. The molecule has 0 N–H and O–H groups in total. The summed E-state index contributed by atoms with van der Waals surface area (Å²) in [6.45, 7) is 7.05. The second-order valence-electron chi connectivity index (χ2n) is 6.23. The van der Waals surface area contributed by atoms with Gasteiger partial charge in [0.15, 0.2) is 0 Å². The summed E-state index contributed by atoms with van der Waals surface area (Å²) < 4.78 is 0. The monoisotopic (exact) mass is 250 g/mol. The first-order valence-electron chi connectivity index (χ1n) is 7.29. The standard InChI is InChI=1S/C19H22/c1-4-14-13-18(17-12-8-7-11-16(14)17)19(2,3)15-9-5-6-10-15/h5-13,15,18H,4H2,1-3H3. The van der Waals surface area contributed by atoms with Gasteiger partial charge in [0.2, 0.25) is 0 Å². The first kappa shape index (κ1) is 12.5. The summed E-state index contributed by atoms with van der Waals surface area (Å²) in [4.78, 5) is 0. The minimum atomic E-state index is 0.233. The molecule has 1 unspecified atom stereocenters. The number of benzene rings is 1. The molecule has 0 heterocycles. The molecule has 0 amide bonds. The molecule has 1 aromatic carbocycles. The van der Waals surface area contributed by atoms with Crippen molar-refractivity contribution in [3.05, 3.63) is 65.8 Å². The van der Waals surface area contributed by atoms with Gasteiger partial charge >= 0.3 is 0 Å². The largest absolute Gasteiger partial charge is 0.0771 e. The van der Waals surface area contributed by atoms with E-state index in [4.69, 9.17) is 0 Å². The third-order valence-electron chi connectivity index (χ3n) is 4.80. The maximum absolute atomic E-state index is 2.50. The molecule has 0 fully saturated rings. The summed E-state index contributed by atoms with van der Waals surface area (Å²) in [5, 5.41) is 0. The minimum Gasteiger partial charge on any atom is -0.0771 e. The molecule has 19 heavy (non-hydrogen) atoms. The molecule has 2 aliphatic rings. The highest BCUT2D eigenvalue weighted by Crippen LogP contribution is 2.51. The van der Waals surface area contributed by atoms with E-state index in [0.29, 0.717) is 11.8 Å². The molecular weight excluding hydrogens is 228 g/mol. The third kappa shape index (κ3) is 1.90. The van der Waals surface area contributed by atoms with Crippen LogP contribution in [0.2, 0.25) is 0 Å². The second-order valence-corrected chi connectivity index (χ2v) is 6.23. The Morgan fingerprint density at radius 3 is 2.42 bits per heavy atom. The van der Waals surface area contributed by atoms with Gasteiger partial charge in [0.25, 0.3) is 0 Å². The van der Waals surface area contributed by atoms with Crippen LogP contribution in [0.4, 0.5) is 0 Å². The van der Waals surface area contributed by atoms with Gasteiger partial charge in [-0.1, -0.05) is 75.4 Å². The molecule has 0 nitrogen and oxygen atoms in total. The summed E-state index contributed by atoms with van der Waals surface area (Å²) in [7, 11) is 0. The highest BCUT2D eigenvalue weighted by Gasteiger charge is 2.38. The van der Waals surface area contributed by atoms with Crippen molar-refractivity contribution in [2.24, 2.45) is 11.3 Å². The molecular formula is C19H22. The zero-order chi connectivity index (χ0) is 13.5. The van der Waals surface area contributed by atoms with E-state index in [9.17, 15) is 0 Å². The van der Waals surface area contributed by atoms with Crippen molar-refractivity contribution in [3.63, 3.8) is 0 Å². The summed E-state index contributed by atoms with van der Waals surface area (Å²) in [6.07, 6.45) is 12.7. The van der Waals surface area contributed by atoms with Crippen molar-refractivity contribution in [2.75, 3.05) is 0 Å². The quantitative estimate of drug-likeness (QED) is 0.678. The molecule has 98 valence electrons. The second kappa shape index (κ2) is 4.52. The highest BCUT2D eigenvalue weighted by atomic mass is 14.4. The lowest BCUT2D eigenvalue weighted by Crippen LogP contribution is -2.26. The highest BCUT2D eigenvalue weighted by molar-refractivity contribution is 5.75. The predicted molar refractivity (Wildman–Crippen MR) is 83.0 cm³/mol. The zero-order valence-corrected chi connectivity index (χ0v) is 12.1. The van der Waals surface area contributed by atoms with Gasteiger partial charge in [-0.15, -0.1) is 0 Å². The molecule has 0 heteroatoms. The lowest BCUT2D eigenvalue weighted by Gasteiger charge is -2.35. The average molecular weight is 250 g/mol. The average Bonchev–Trinajstić information content (AvgIpc) is 3.07. The van der Waals surface area contributed by atoms with Crippen LogP contribution in [0.5, 0.6) is 0 Å². The van der Waals surface area contributed by atoms with Gasteiger partial charge < -0.3 is 0 Å². The lowest BCUT2D eigenvalue weighted by molar-refractivity contribution is 0.272. The Labute approximate surface area is 116 Å². The molecule has 0 spiro atoms. The molecule has 0 bridgehead atoms. The van der Waals surface area contributed by atoms with E-state index in [-0.39, 0.29) is 5.41 Å². The molecule has 0 saturated heterocycles. The van der Waals surface area contributed by atoms with E-state index >= 15 is 0 Å². The van der Waals surface area contributed by atoms with Crippen molar-refractivity contribution >= 4 is 5.57 Å². The SMILES string of the molecule is CCC1=CC(C(C)(C)C2C=CC=C2)c2ccccc21. The van der Waals surface area contributed by atoms with Gasteiger partial charge in [0, 0.05) is 11.8 Å². The van der Waals surface area contributed by atoms with Crippen molar-refractivity contribution in [1.29, 1.82) is 0 Å². The maximum atomic E-state index is 2.50. The fourth-order valence-corrected chi connectivity index (χ4v) is 3.50. The number of hydrogen-bond acceptors (Lipinski definition) is 0. The van der Waals surface area contributed by atoms with Crippen molar-refractivity contribution in [3.8, 4) is 0 Å². The summed E-state index contributed by atoms with van der Waals surface area (Å²) >= 11 is 0. The summed E-state index contributed by atoms with van der Waals surface area (Å²) in [5.74, 6) is 1.06. The molecule has 2 aliphatic carbocycles. The van der Waals surface area contributed by atoms with E-state index in [2.05, 4.69) is 75.4 Å². The van der Waals surface area contributed by atoms with E-state index in [1.165, 1.54) is 16.7 Å². The molecule has 0 saturated carbocycles. The Morgan fingerprint density at radius 2 is 1.74 bits per heavy atom. The van der Waals surface area contributed by atoms with Crippen LogP contribution in [0.3, 0.4) is 0 Å². The molecule has 0 aliphatic heterocycles. The van der Waals surface area contributed by atoms with Crippen molar-refractivity contribution in [2.45, 2.75) is 33.1 Å². The number of rotatable bonds is 3. The first-order valence-corrected chi connectivity index (χ1v) is 7.29. The predicted octanol–water partition coefficient (Wildman–Crippen LogP) is 5.35. The minimum absolute atomic E-state index is 0.233. The van der Waals surface area contributed by atoms with Gasteiger partial charge in [-0.3, -0.25) is 0 Å². The van der Waals surface area contributed by atoms with Gasteiger partial charge in [-0.2, -0.15) is 0 Å². The van der Waals surface area contributed by atoms with Crippen LogP contribution in [-0.2, 0) is 0 Å². The van der Waals surface area contributed by atoms with Crippen LogP contribution in [0, 0.1) is 11.3 Å². The Balaban J connectivity index is 2.04. The van der Waals surface area contributed by atoms with E-state index in [1.807, 2.05) is 0 Å². The Hall–Kier alpha value is -1.56. The summed E-state index contributed by atoms with van der Waals surface area (Å²) in [5.41, 5.74) is 4.72. The third-order valence-corrected chi connectivity index (χ3v) is 4.80. The number of fused-ring (bicyclic) bond motifs is 1. The maximum Gasteiger partial charge on any atom is 0.00898 e. The topological polar surface area (TPSA) is 0 Å². The number of allylic oxidation sites excluding steroid dienone is 6. The van der Waals surface area contributed by atoms with E-state index < -0.39 is 0 Å². The van der Waals surface area contributed by atoms with Crippen LogP contribution in [-0.4, -0.2) is 0 Å². The molecule has 0 aromatic heterocycles. The van der Waals surface area contributed by atoms with Gasteiger partial charge in [0.1, 0.15) is 0 Å². The molecule has 3 rings (SSSR count). The van der Waals surface area contributed by atoms with Crippen molar-refractivity contribution in [1.82, 2.24) is 0 Å². The Bertz CT molecular complexity index is 557. The van der Waals surface area contributed by atoms with Crippen molar-refractivity contribution < 1.29 is 0 Å². The molecule has 0 radical (unpaired) electrons. The fraction of sp³-hybridized carbons (Fsp3) is 0.368. The van der Waals surface area contributed by atoms with Crippen LogP contribution in [0.25, 0.3) is 5.57 Å². The fourth-order valence-electron chi connectivity index (χ4n) is 3.50. The molecule has 1 atom stereocenters. The van der Waals surface area contributed by atoms with Crippen LogP contribution in [0.1, 0.15) is 44.2 Å². The van der Waals surface area contributed by atoms with Gasteiger partial charge in [-0.25, -0.2) is 0 Å². The van der Waals surface area contributed by atoms with Gasteiger partial charge in [-0.05, 0) is 28.5 Å². The van der Waals surface area contributed by atoms with Gasteiger partial charge in [0.05, 0.1) is 0 Å². The molecule has 1 aromatic rings. The van der Waals surface area contributed by atoms with Crippen LogP contribution in [0.15, 0.2) is 54.6 Å². The summed E-state index contributed by atoms with van der Waals surface area (Å²) in [6, 6.07) is 8.92.